The molecular formula is C18H13BrClF8N. The molecule has 0 fully saturated rings. The molecule has 0 heterocycles. The van der Waals surface area contributed by atoms with Gasteiger partial charge in [0.1, 0.15) is 5.82 Å². The quantitative estimate of drug-likeness (QED) is 0.368. The fraction of sp³-hybridized carbons (Fsp3) is 0.333. The van der Waals surface area contributed by atoms with Crippen molar-refractivity contribution in [3.05, 3.63) is 57.3 Å². The van der Waals surface area contributed by atoms with Crippen LogP contribution in [0.25, 0.3) is 0 Å². The van der Waals surface area contributed by atoms with Crippen LogP contribution in [0, 0.1) is 5.82 Å². The van der Waals surface area contributed by atoms with Gasteiger partial charge in [-0.05, 0) is 46.6 Å². The average molecular weight is 511 g/mol. The minimum absolute atomic E-state index is 0.00264. The second-order valence-corrected chi connectivity index (χ2v) is 7.31. The number of halogens is 10. The number of benzene rings is 2. The molecule has 0 aromatic heterocycles. The molecule has 0 amide bonds. The first-order valence-corrected chi connectivity index (χ1v) is 9.26. The molecule has 2 rings (SSSR count). The predicted octanol–water partition coefficient (Wildman–Crippen LogP) is 8.08. The van der Waals surface area contributed by atoms with Gasteiger partial charge >= 0.3 is 18.0 Å². The van der Waals surface area contributed by atoms with Crippen LogP contribution in [0.3, 0.4) is 0 Å². The molecule has 0 bridgehead atoms. The van der Waals surface area contributed by atoms with Crippen molar-refractivity contribution in [1.82, 2.24) is 0 Å². The van der Waals surface area contributed by atoms with E-state index in [0.29, 0.717) is 12.5 Å². The highest BCUT2D eigenvalue weighted by Gasteiger charge is 2.73. The molecule has 29 heavy (non-hydrogen) atoms. The van der Waals surface area contributed by atoms with Crippen molar-refractivity contribution in [1.29, 1.82) is 0 Å². The zero-order valence-corrected chi connectivity index (χ0v) is 16.9. The molecule has 0 saturated carbocycles. The maximum Gasteiger partial charge on any atom is 0.435 e. The van der Waals surface area contributed by atoms with Gasteiger partial charge in [-0.1, -0.05) is 30.7 Å². The van der Waals surface area contributed by atoms with Gasteiger partial charge in [0.05, 0.1) is 16.4 Å². The van der Waals surface area contributed by atoms with Crippen LogP contribution in [-0.2, 0) is 5.67 Å². The monoisotopic (exact) mass is 509 g/mol. The van der Waals surface area contributed by atoms with Crippen LogP contribution in [0.1, 0.15) is 18.9 Å². The number of anilines is 2. The lowest BCUT2D eigenvalue weighted by atomic mass is 9.93. The second kappa shape index (κ2) is 8.29. The Hall–Kier alpha value is -1.55. The van der Waals surface area contributed by atoms with Crippen molar-refractivity contribution < 1.29 is 35.1 Å². The zero-order valence-electron chi connectivity index (χ0n) is 14.6. The highest BCUT2D eigenvalue weighted by molar-refractivity contribution is 9.10. The zero-order chi connectivity index (χ0) is 22.2. The lowest BCUT2D eigenvalue weighted by Gasteiger charge is -2.32. The molecule has 0 saturated heterocycles. The fourth-order valence-electron chi connectivity index (χ4n) is 2.76. The summed E-state index contributed by atoms with van der Waals surface area (Å²) in [5.41, 5.74) is -7.45. The number of rotatable bonds is 5. The minimum atomic E-state index is -6.27. The van der Waals surface area contributed by atoms with Crippen molar-refractivity contribution >= 4 is 38.9 Å². The minimum Gasteiger partial charge on any atom is -0.337 e. The molecule has 0 radical (unpaired) electrons. The van der Waals surface area contributed by atoms with E-state index in [4.69, 9.17) is 11.6 Å². The summed E-state index contributed by atoms with van der Waals surface area (Å²) >= 11 is 8.84. The molecule has 0 atom stereocenters. The highest BCUT2D eigenvalue weighted by Crippen LogP contribution is 2.55. The van der Waals surface area contributed by atoms with Crippen molar-refractivity contribution in [2.75, 3.05) is 11.4 Å². The Morgan fingerprint density at radius 1 is 0.966 bits per heavy atom. The Morgan fingerprint density at radius 3 is 1.97 bits per heavy atom. The van der Waals surface area contributed by atoms with Crippen molar-refractivity contribution in [2.45, 2.75) is 31.4 Å². The first-order valence-electron chi connectivity index (χ1n) is 8.09. The summed E-state index contributed by atoms with van der Waals surface area (Å²) in [6.45, 7) is 1.86. The van der Waals surface area contributed by atoms with Crippen LogP contribution >= 0.6 is 27.5 Å². The molecule has 0 aliphatic carbocycles. The fourth-order valence-corrected chi connectivity index (χ4v) is 3.87. The largest absolute Gasteiger partial charge is 0.435 e. The van der Waals surface area contributed by atoms with E-state index in [1.54, 1.807) is 6.92 Å². The Balaban J connectivity index is 2.71. The Labute approximate surface area is 174 Å². The third kappa shape index (κ3) is 4.33. The molecule has 2 aromatic carbocycles. The molecule has 0 aliphatic rings. The van der Waals surface area contributed by atoms with E-state index in [1.807, 2.05) is 0 Å². The molecular weight excluding hydrogens is 498 g/mol. The number of nitrogens with zero attached hydrogens (tertiary/aromatic N) is 1. The molecule has 2 aromatic rings. The lowest BCUT2D eigenvalue weighted by molar-refractivity contribution is -0.348. The van der Waals surface area contributed by atoms with Gasteiger partial charge in [0.15, 0.2) is 0 Å². The number of hydrogen-bond donors (Lipinski definition) is 0. The van der Waals surface area contributed by atoms with Crippen molar-refractivity contribution in [2.24, 2.45) is 0 Å². The van der Waals surface area contributed by atoms with Gasteiger partial charge in [-0.25, -0.2) is 8.78 Å². The first-order chi connectivity index (χ1) is 13.3. The van der Waals surface area contributed by atoms with Crippen LogP contribution in [0.4, 0.5) is 46.5 Å². The summed E-state index contributed by atoms with van der Waals surface area (Å²) in [6, 6.07) is 6.02. The summed E-state index contributed by atoms with van der Waals surface area (Å²) in [7, 11) is 0. The van der Waals surface area contributed by atoms with E-state index < -0.39 is 34.4 Å². The molecule has 11 heteroatoms. The lowest BCUT2D eigenvalue weighted by Crippen LogP contribution is -2.50. The van der Waals surface area contributed by atoms with Crippen LogP contribution in [0.2, 0.25) is 5.02 Å². The van der Waals surface area contributed by atoms with Crippen molar-refractivity contribution in [3.63, 3.8) is 0 Å². The summed E-state index contributed by atoms with van der Waals surface area (Å²) in [6.07, 6.45) is -12.1. The maximum absolute atomic E-state index is 14.4. The standard InChI is InChI=1S/C18H13BrClF8N/c1-2-7-29(14-6-4-3-5-13(14)21)15-11(19)8-10(9-12(15)20)16(22,17(23,24)25)18(26,27)28/h3-6,8-9H,2,7H2,1H3. The van der Waals surface area contributed by atoms with E-state index >= 15 is 0 Å². The van der Waals surface area contributed by atoms with E-state index in [0.717, 1.165) is 6.07 Å². The van der Waals surface area contributed by atoms with E-state index in [9.17, 15) is 35.1 Å². The van der Waals surface area contributed by atoms with Crippen LogP contribution in [-0.4, -0.2) is 18.9 Å². The molecule has 0 aliphatic heterocycles. The maximum atomic E-state index is 14.4. The normalized spacial score (nSPS) is 12.9. The van der Waals surface area contributed by atoms with Crippen molar-refractivity contribution in [3.8, 4) is 0 Å². The van der Waals surface area contributed by atoms with Crippen LogP contribution in [0.15, 0.2) is 40.9 Å². The van der Waals surface area contributed by atoms with E-state index in [2.05, 4.69) is 15.9 Å². The molecule has 160 valence electrons. The summed E-state index contributed by atoms with van der Waals surface area (Å²) in [5.74, 6) is -0.682. The van der Waals surface area contributed by atoms with E-state index in [-0.39, 0.29) is 28.5 Å². The summed E-state index contributed by atoms with van der Waals surface area (Å²) in [5, 5.41) is -0.610. The molecule has 1 nitrogen and oxygen atoms in total. The number of para-hydroxylation sites is 1. The van der Waals surface area contributed by atoms with E-state index in [1.165, 1.54) is 23.1 Å². The Kier molecular flexibility index (Phi) is 6.79. The van der Waals surface area contributed by atoms with Gasteiger partial charge in [-0.15, -0.1) is 0 Å². The van der Waals surface area contributed by atoms with Gasteiger partial charge in [-0.2, -0.15) is 26.3 Å². The second-order valence-electron chi connectivity index (χ2n) is 6.05. The van der Waals surface area contributed by atoms with Gasteiger partial charge in [0, 0.05) is 16.6 Å². The van der Waals surface area contributed by atoms with Crippen LogP contribution in [0.5, 0.6) is 0 Å². The third-order valence-corrected chi connectivity index (χ3v) is 4.95. The SMILES string of the molecule is CCCN(c1ccccc1F)c1c(Cl)cc(C(F)(C(F)(F)F)C(F)(F)F)cc1Br. The van der Waals surface area contributed by atoms with Gasteiger partial charge < -0.3 is 4.90 Å². The average Bonchev–Trinajstić information content (AvgIpc) is 2.58. The smallest absolute Gasteiger partial charge is 0.337 e. The topological polar surface area (TPSA) is 3.24 Å². The van der Waals surface area contributed by atoms with Gasteiger partial charge in [0.2, 0.25) is 0 Å². The summed E-state index contributed by atoms with van der Waals surface area (Å²) < 4.78 is 106. The third-order valence-electron chi connectivity index (χ3n) is 4.06. The molecule has 0 N–H and O–H groups in total. The Bertz CT molecular complexity index is 844. The highest BCUT2D eigenvalue weighted by atomic mass is 79.9. The number of hydrogen-bond acceptors (Lipinski definition) is 1. The number of alkyl halides is 7. The van der Waals surface area contributed by atoms with Gasteiger partial charge in [-0.3, -0.25) is 0 Å². The summed E-state index contributed by atoms with van der Waals surface area (Å²) in [4.78, 5) is 1.28. The Morgan fingerprint density at radius 2 is 1.52 bits per heavy atom. The first kappa shape index (κ1) is 23.7. The van der Waals surface area contributed by atoms with Crippen LogP contribution < -0.4 is 4.90 Å². The predicted molar refractivity (Wildman–Crippen MR) is 97.7 cm³/mol. The molecule has 0 unspecified atom stereocenters. The molecule has 0 spiro atoms. The van der Waals surface area contributed by atoms with Gasteiger partial charge in [0.25, 0.3) is 0 Å².